The number of allylic oxidation sites excluding steroid dienone is 2. The van der Waals surface area contributed by atoms with Gasteiger partial charge in [-0.15, -0.1) is 0 Å². The lowest BCUT2D eigenvalue weighted by molar-refractivity contribution is -0.141. The second-order valence-corrected chi connectivity index (χ2v) is 5.36. The van der Waals surface area contributed by atoms with Crippen molar-refractivity contribution in [3.8, 4) is 0 Å². The van der Waals surface area contributed by atoms with E-state index in [1.54, 1.807) is 0 Å². The van der Waals surface area contributed by atoms with E-state index in [9.17, 15) is 4.79 Å². The predicted octanol–water partition coefficient (Wildman–Crippen LogP) is 2.99. The molecule has 2 rings (SSSR count). The van der Waals surface area contributed by atoms with Crippen LogP contribution in [-0.4, -0.2) is 11.1 Å². The van der Waals surface area contributed by atoms with Crippen LogP contribution in [0.25, 0.3) is 0 Å². The maximum Gasteiger partial charge on any atom is 0.303 e. The van der Waals surface area contributed by atoms with Gasteiger partial charge >= 0.3 is 5.97 Å². The molecule has 0 spiro atoms. The van der Waals surface area contributed by atoms with E-state index in [1.807, 2.05) is 0 Å². The molecule has 78 valence electrons. The molecule has 0 radical (unpaired) electrons. The van der Waals surface area contributed by atoms with Crippen LogP contribution in [-0.2, 0) is 4.79 Å². The minimum absolute atomic E-state index is 0.0770. The fourth-order valence-corrected chi connectivity index (χ4v) is 3.35. The van der Waals surface area contributed by atoms with Crippen molar-refractivity contribution in [1.29, 1.82) is 0 Å². The van der Waals surface area contributed by atoms with Gasteiger partial charge in [-0.3, -0.25) is 4.79 Å². The Labute approximate surface area is 85.0 Å². The first kappa shape index (κ1) is 9.75. The van der Waals surface area contributed by atoms with E-state index in [2.05, 4.69) is 19.1 Å². The molecule has 0 aliphatic heterocycles. The topological polar surface area (TPSA) is 37.3 Å². The highest BCUT2D eigenvalue weighted by Gasteiger charge is 2.43. The summed E-state index contributed by atoms with van der Waals surface area (Å²) < 4.78 is 0. The van der Waals surface area contributed by atoms with Crippen molar-refractivity contribution in [1.82, 2.24) is 0 Å². The largest absolute Gasteiger partial charge is 0.481 e. The quantitative estimate of drug-likeness (QED) is 0.686. The summed E-state index contributed by atoms with van der Waals surface area (Å²) >= 11 is 0. The van der Waals surface area contributed by atoms with Crippen LogP contribution in [0.15, 0.2) is 12.2 Å². The Morgan fingerprint density at radius 3 is 3.00 bits per heavy atom. The van der Waals surface area contributed by atoms with Crippen LogP contribution in [0.1, 0.15) is 45.4 Å². The van der Waals surface area contributed by atoms with Crippen molar-refractivity contribution in [2.45, 2.75) is 45.4 Å². The third-order valence-electron chi connectivity index (χ3n) is 3.83. The van der Waals surface area contributed by atoms with E-state index in [4.69, 9.17) is 5.11 Å². The normalized spacial score (nSPS) is 40.9. The first-order valence-electron chi connectivity index (χ1n) is 5.43. The van der Waals surface area contributed by atoms with Crippen molar-refractivity contribution >= 4 is 5.97 Å². The average Bonchev–Trinajstić information content (AvgIpc) is 1.99. The monoisotopic (exact) mass is 194 g/mol. The van der Waals surface area contributed by atoms with Gasteiger partial charge in [-0.1, -0.05) is 25.5 Å². The molecule has 2 aliphatic carbocycles. The highest BCUT2D eigenvalue weighted by atomic mass is 16.4. The molecular weight excluding hydrogens is 176 g/mol. The number of rotatable bonds is 2. The van der Waals surface area contributed by atoms with E-state index < -0.39 is 5.97 Å². The van der Waals surface area contributed by atoms with Crippen LogP contribution in [0, 0.1) is 10.8 Å². The minimum Gasteiger partial charge on any atom is -0.481 e. The van der Waals surface area contributed by atoms with Crippen LogP contribution in [0.2, 0.25) is 0 Å². The Bertz CT molecular complexity index is 282. The zero-order chi connectivity index (χ0) is 10.2. The van der Waals surface area contributed by atoms with Gasteiger partial charge in [0.15, 0.2) is 0 Å². The summed E-state index contributed by atoms with van der Waals surface area (Å²) in [5, 5.41) is 8.93. The Morgan fingerprint density at radius 2 is 2.29 bits per heavy atom. The first-order valence-corrected chi connectivity index (χ1v) is 5.43. The number of hydrogen-bond donors (Lipinski definition) is 1. The molecule has 2 heteroatoms. The zero-order valence-electron chi connectivity index (χ0n) is 8.75. The molecule has 1 N–H and O–H groups in total. The standard InChI is InChI=1S/C12H18O2/c1-11-4-2-6-12(9-11,7-3-5-11)8-10(13)14/h2,4H,3,5-9H2,1H3,(H,13,14). The fourth-order valence-electron chi connectivity index (χ4n) is 3.35. The summed E-state index contributed by atoms with van der Waals surface area (Å²) in [6.07, 6.45) is 10.4. The lowest BCUT2D eigenvalue weighted by Gasteiger charge is -2.47. The van der Waals surface area contributed by atoms with E-state index in [-0.39, 0.29) is 10.8 Å². The van der Waals surface area contributed by atoms with Crippen molar-refractivity contribution in [3.63, 3.8) is 0 Å². The molecule has 2 unspecified atom stereocenters. The number of carboxylic acid groups (broad SMARTS) is 1. The van der Waals surface area contributed by atoms with Crippen LogP contribution >= 0.6 is 0 Å². The fraction of sp³-hybridized carbons (Fsp3) is 0.750. The minimum atomic E-state index is -0.635. The molecule has 2 nitrogen and oxygen atoms in total. The molecule has 0 aromatic heterocycles. The molecule has 2 bridgehead atoms. The van der Waals surface area contributed by atoms with Crippen molar-refractivity contribution in [2.24, 2.45) is 10.8 Å². The smallest absolute Gasteiger partial charge is 0.303 e. The molecule has 2 aliphatic rings. The van der Waals surface area contributed by atoms with Gasteiger partial charge in [0.2, 0.25) is 0 Å². The zero-order valence-corrected chi connectivity index (χ0v) is 8.75. The predicted molar refractivity (Wildman–Crippen MR) is 55.0 cm³/mol. The Balaban J connectivity index is 2.20. The lowest BCUT2D eigenvalue weighted by atomic mass is 9.57. The summed E-state index contributed by atoms with van der Waals surface area (Å²) in [5.41, 5.74) is 0.361. The van der Waals surface area contributed by atoms with E-state index in [0.717, 1.165) is 19.3 Å². The average molecular weight is 194 g/mol. The van der Waals surface area contributed by atoms with Gasteiger partial charge in [-0.2, -0.15) is 0 Å². The van der Waals surface area contributed by atoms with E-state index in [0.29, 0.717) is 6.42 Å². The number of fused-ring (bicyclic) bond motifs is 2. The van der Waals surface area contributed by atoms with Crippen LogP contribution in [0.3, 0.4) is 0 Å². The Kier molecular flexibility index (Phi) is 2.17. The second-order valence-electron chi connectivity index (χ2n) is 5.36. The highest BCUT2D eigenvalue weighted by molar-refractivity contribution is 5.67. The maximum atomic E-state index is 10.8. The molecule has 2 atom stereocenters. The van der Waals surface area contributed by atoms with Crippen molar-refractivity contribution in [3.05, 3.63) is 12.2 Å². The number of carboxylic acids is 1. The lowest BCUT2D eigenvalue weighted by Crippen LogP contribution is -2.37. The molecule has 0 aromatic rings. The number of carbonyl (C=O) groups is 1. The molecular formula is C12H18O2. The summed E-state index contributed by atoms with van der Waals surface area (Å²) in [6, 6.07) is 0. The number of hydrogen-bond acceptors (Lipinski definition) is 1. The number of aliphatic carboxylic acids is 1. The van der Waals surface area contributed by atoms with Crippen molar-refractivity contribution < 1.29 is 9.90 Å². The van der Waals surface area contributed by atoms with Gasteiger partial charge in [0.05, 0.1) is 6.42 Å². The first-order chi connectivity index (χ1) is 6.54. The van der Waals surface area contributed by atoms with Crippen LogP contribution in [0.4, 0.5) is 0 Å². The van der Waals surface area contributed by atoms with Crippen LogP contribution < -0.4 is 0 Å². The van der Waals surface area contributed by atoms with Gasteiger partial charge in [-0.25, -0.2) is 0 Å². The van der Waals surface area contributed by atoms with E-state index in [1.165, 1.54) is 12.8 Å². The summed E-state index contributed by atoms with van der Waals surface area (Å²) in [5.74, 6) is -0.635. The molecule has 14 heavy (non-hydrogen) atoms. The molecule has 1 saturated carbocycles. The van der Waals surface area contributed by atoms with Gasteiger partial charge in [-0.05, 0) is 36.5 Å². The third kappa shape index (κ3) is 1.70. The molecule has 0 saturated heterocycles. The molecule has 0 heterocycles. The highest BCUT2D eigenvalue weighted by Crippen LogP contribution is 2.53. The maximum absolute atomic E-state index is 10.8. The summed E-state index contributed by atoms with van der Waals surface area (Å²) in [6.45, 7) is 2.26. The van der Waals surface area contributed by atoms with Crippen LogP contribution in [0.5, 0.6) is 0 Å². The van der Waals surface area contributed by atoms with Gasteiger partial charge in [0, 0.05) is 0 Å². The van der Waals surface area contributed by atoms with Gasteiger partial charge in [0.25, 0.3) is 0 Å². The molecule has 0 aromatic carbocycles. The van der Waals surface area contributed by atoms with E-state index >= 15 is 0 Å². The Hall–Kier alpha value is -0.790. The summed E-state index contributed by atoms with van der Waals surface area (Å²) in [4.78, 5) is 10.8. The van der Waals surface area contributed by atoms with Gasteiger partial charge < -0.3 is 5.11 Å². The van der Waals surface area contributed by atoms with Gasteiger partial charge in [0.1, 0.15) is 0 Å². The Morgan fingerprint density at radius 1 is 1.50 bits per heavy atom. The SMILES string of the molecule is CC12C=CCC(CC(=O)O)(CCC1)C2. The second kappa shape index (κ2) is 3.11. The van der Waals surface area contributed by atoms with Crippen molar-refractivity contribution in [2.75, 3.05) is 0 Å². The summed E-state index contributed by atoms with van der Waals surface area (Å²) in [7, 11) is 0. The molecule has 1 fully saturated rings. The molecule has 0 amide bonds. The third-order valence-corrected chi connectivity index (χ3v) is 3.83.